The Morgan fingerprint density at radius 3 is 2.49 bits per heavy atom. The Morgan fingerprint density at radius 2 is 1.80 bits per heavy atom. The minimum Gasteiger partial charge on any atom is -0.496 e. The van der Waals surface area contributed by atoms with Gasteiger partial charge in [-0.15, -0.1) is 0 Å². The summed E-state index contributed by atoms with van der Waals surface area (Å²) in [4.78, 5) is 23.2. The van der Waals surface area contributed by atoms with Crippen molar-refractivity contribution in [1.29, 1.82) is 0 Å². The fourth-order valence-corrected chi connectivity index (χ4v) is 6.54. The highest BCUT2D eigenvalue weighted by Gasteiger charge is 2.60. The summed E-state index contributed by atoms with van der Waals surface area (Å²) in [5.74, 6) is 0.402. The van der Waals surface area contributed by atoms with E-state index in [0.29, 0.717) is 50.8 Å². The number of fused-ring (bicyclic) bond motifs is 4. The van der Waals surface area contributed by atoms with Crippen LogP contribution in [0.15, 0.2) is 48.5 Å². The number of methoxy groups -OCH3 is 1. The molecule has 3 heterocycles. The lowest BCUT2D eigenvalue weighted by Crippen LogP contribution is -2.49. The van der Waals surface area contributed by atoms with Crippen LogP contribution in [0.4, 0.5) is 21.5 Å². The molecule has 7 nitrogen and oxygen atoms in total. The minimum atomic E-state index is -1.27. The third-order valence-electron chi connectivity index (χ3n) is 7.96. The van der Waals surface area contributed by atoms with Crippen molar-refractivity contribution in [1.82, 2.24) is 9.55 Å². The Kier molecular flexibility index (Phi) is 6.47. The van der Waals surface area contributed by atoms with Crippen LogP contribution in [-0.4, -0.2) is 36.7 Å². The zero-order chi connectivity index (χ0) is 29.4. The number of hydrogen-bond acceptors (Lipinski definition) is 5. The van der Waals surface area contributed by atoms with Crippen LogP contribution in [0.3, 0.4) is 0 Å². The quantitative estimate of drug-likeness (QED) is 0.265. The van der Waals surface area contributed by atoms with Crippen molar-refractivity contribution in [2.75, 3.05) is 36.3 Å². The van der Waals surface area contributed by atoms with Gasteiger partial charge in [-0.1, -0.05) is 35.3 Å². The molecule has 212 valence electrons. The summed E-state index contributed by atoms with van der Waals surface area (Å²) in [5.41, 5.74) is 4.27. The summed E-state index contributed by atoms with van der Waals surface area (Å²) >= 11 is 12.8. The van der Waals surface area contributed by atoms with Crippen molar-refractivity contribution in [3.05, 3.63) is 86.9 Å². The summed E-state index contributed by atoms with van der Waals surface area (Å²) in [5, 5.41) is 4.16. The lowest BCUT2D eigenvalue weighted by molar-refractivity contribution is -0.119. The van der Waals surface area contributed by atoms with Gasteiger partial charge in [-0.2, -0.15) is 0 Å². The van der Waals surface area contributed by atoms with E-state index in [2.05, 4.69) is 10.2 Å². The fourth-order valence-electron chi connectivity index (χ4n) is 6.20. The van der Waals surface area contributed by atoms with Gasteiger partial charge in [0.05, 0.1) is 36.3 Å². The number of halogens is 3. The maximum atomic E-state index is 15.4. The van der Waals surface area contributed by atoms with Gasteiger partial charge in [0, 0.05) is 53.2 Å². The molecule has 0 fully saturated rings. The SMILES string of the molecule is COc1cc(N(C)C)c(F)cc1-c1nc2c(n1C(C)C)C1(C(=O)Nc3cc(Cl)ccc31)N(c1cc(Cl)ccc1C)C2. The zero-order valence-corrected chi connectivity index (χ0v) is 25.2. The number of nitrogens with one attached hydrogen (secondary N) is 1. The topological polar surface area (TPSA) is 62.6 Å². The summed E-state index contributed by atoms with van der Waals surface area (Å²) < 4.78 is 23.1. The van der Waals surface area contributed by atoms with E-state index >= 15 is 4.39 Å². The molecule has 2 aliphatic heterocycles. The minimum absolute atomic E-state index is 0.135. The van der Waals surface area contributed by atoms with E-state index in [0.717, 1.165) is 22.5 Å². The van der Waals surface area contributed by atoms with Crippen molar-refractivity contribution in [3.8, 4) is 17.1 Å². The molecule has 0 saturated carbocycles. The van der Waals surface area contributed by atoms with Crippen molar-refractivity contribution in [3.63, 3.8) is 0 Å². The molecule has 1 spiro atoms. The van der Waals surface area contributed by atoms with Gasteiger partial charge in [0.2, 0.25) is 0 Å². The number of rotatable bonds is 5. The number of anilines is 3. The Labute approximate surface area is 248 Å². The molecule has 6 rings (SSSR count). The van der Waals surface area contributed by atoms with Crippen LogP contribution < -0.4 is 19.9 Å². The first-order valence-corrected chi connectivity index (χ1v) is 14.1. The van der Waals surface area contributed by atoms with Gasteiger partial charge in [-0.05, 0) is 56.7 Å². The molecule has 1 amide bonds. The number of carbonyl (C=O) groups is 1. The maximum Gasteiger partial charge on any atom is 0.261 e. The molecule has 1 N–H and O–H groups in total. The Hall–Kier alpha value is -3.75. The Balaban J connectivity index is 1.68. The van der Waals surface area contributed by atoms with Crippen LogP contribution >= 0.6 is 23.2 Å². The summed E-state index contributed by atoms with van der Waals surface area (Å²) in [6.07, 6.45) is 0. The largest absolute Gasteiger partial charge is 0.496 e. The number of aryl methyl sites for hydroxylation is 1. The number of benzene rings is 3. The van der Waals surface area contributed by atoms with E-state index in [1.54, 1.807) is 44.3 Å². The summed E-state index contributed by atoms with van der Waals surface area (Å²) in [7, 11) is 5.11. The van der Waals surface area contributed by atoms with E-state index in [-0.39, 0.29) is 11.9 Å². The third-order valence-corrected chi connectivity index (χ3v) is 8.43. The van der Waals surface area contributed by atoms with Gasteiger partial charge < -0.3 is 24.4 Å². The number of aromatic nitrogens is 2. The number of ether oxygens (including phenoxy) is 1. The lowest BCUT2D eigenvalue weighted by atomic mass is 9.86. The average molecular weight is 595 g/mol. The van der Waals surface area contributed by atoms with Crippen molar-refractivity contribution in [2.45, 2.75) is 38.9 Å². The van der Waals surface area contributed by atoms with Crippen LogP contribution in [0.25, 0.3) is 11.4 Å². The predicted molar refractivity (Wildman–Crippen MR) is 162 cm³/mol. The van der Waals surface area contributed by atoms with Crippen LogP contribution in [-0.2, 0) is 16.9 Å². The molecule has 3 aromatic carbocycles. The van der Waals surface area contributed by atoms with Crippen LogP contribution in [0.2, 0.25) is 10.0 Å². The molecule has 1 aromatic heterocycles. The first kappa shape index (κ1) is 27.4. The molecule has 0 saturated heterocycles. The summed E-state index contributed by atoms with van der Waals surface area (Å²) in [6.45, 7) is 6.38. The second-order valence-electron chi connectivity index (χ2n) is 11.0. The first-order valence-electron chi connectivity index (χ1n) is 13.3. The molecule has 1 unspecified atom stereocenters. The van der Waals surface area contributed by atoms with Gasteiger partial charge in [-0.25, -0.2) is 9.37 Å². The number of hydrogen-bond donors (Lipinski definition) is 1. The van der Waals surface area contributed by atoms with Crippen molar-refractivity contribution < 1.29 is 13.9 Å². The molecule has 41 heavy (non-hydrogen) atoms. The van der Waals surface area contributed by atoms with E-state index in [9.17, 15) is 4.79 Å². The second-order valence-corrected chi connectivity index (χ2v) is 11.8. The standard InChI is InChI=1S/C31H30Cl2FN5O2/c1-16(2)39-28-24(35-29(39)20-13-22(34)26(37(4)5)14-27(20)41-6)15-38(25-12-19(33)8-7-17(25)3)31(28)21-10-9-18(32)11-23(21)36-30(31)40/h7-14,16H,15H2,1-6H3,(H,36,40). The molecule has 10 heteroatoms. The normalized spacial score (nSPS) is 17.3. The molecule has 0 bridgehead atoms. The van der Waals surface area contributed by atoms with Crippen molar-refractivity contribution in [2.24, 2.45) is 0 Å². The van der Waals surface area contributed by atoms with Crippen LogP contribution in [0.1, 0.15) is 42.4 Å². The average Bonchev–Trinajstić information content (AvgIpc) is 3.54. The number of amides is 1. The number of carbonyl (C=O) groups excluding carboxylic acids is 1. The number of imidazole rings is 1. The van der Waals surface area contributed by atoms with Gasteiger partial charge in [-0.3, -0.25) is 4.79 Å². The third kappa shape index (κ3) is 3.91. The number of nitrogens with zero attached hydrogens (tertiary/aromatic N) is 4. The van der Waals surface area contributed by atoms with E-state index in [4.69, 9.17) is 32.9 Å². The molecule has 1 atom stereocenters. The molecular formula is C31H30Cl2FN5O2. The van der Waals surface area contributed by atoms with Gasteiger partial charge in [0.15, 0.2) is 5.54 Å². The fraction of sp³-hybridized carbons (Fsp3) is 0.290. The maximum absolute atomic E-state index is 15.4. The lowest BCUT2D eigenvalue weighted by Gasteiger charge is -2.38. The van der Waals surface area contributed by atoms with E-state index in [1.807, 2.05) is 49.6 Å². The highest BCUT2D eigenvalue weighted by atomic mass is 35.5. The van der Waals surface area contributed by atoms with Gasteiger partial charge in [0.1, 0.15) is 17.4 Å². The molecule has 0 radical (unpaired) electrons. The monoisotopic (exact) mass is 593 g/mol. The smallest absolute Gasteiger partial charge is 0.261 e. The van der Waals surface area contributed by atoms with Gasteiger partial charge >= 0.3 is 0 Å². The molecule has 2 aliphatic rings. The Morgan fingerprint density at radius 1 is 1.10 bits per heavy atom. The molecule has 4 aromatic rings. The highest BCUT2D eigenvalue weighted by molar-refractivity contribution is 6.31. The zero-order valence-electron chi connectivity index (χ0n) is 23.6. The summed E-state index contributed by atoms with van der Waals surface area (Å²) in [6, 6.07) is 14.1. The molecule has 0 aliphatic carbocycles. The first-order chi connectivity index (χ1) is 19.5. The molecular weight excluding hydrogens is 564 g/mol. The Bertz CT molecular complexity index is 1730. The van der Waals surface area contributed by atoms with Crippen LogP contribution in [0.5, 0.6) is 5.75 Å². The highest BCUT2D eigenvalue weighted by Crippen LogP contribution is 2.55. The van der Waals surface area contributed by atoms with Crippen molar-refractivity contribution >= 4 is 46.2 Å². The van der Waals surface area contributed by atoms with E-state index < -0.39 is 11.4 Å². The van der Waals surface area contributed by atoms with Gasteiger partial charge in [0.25, 0.3) is 5.91 Å². The predicted octanol–water partition coefficient (Wildman–Crippen LogP) is 7.18. The van der Waals surface area contributed by atoms with Crippen LogP contribution in [0, 0.1) is 12.7 Å². The second kappa shape index (κ2) is 9.67. The van der Waals surface area contributed by atoms with E-state index in [1.165, 1.54) is 6.07 Å².